The highest BCUT2D eigenvalue weighted by Crippen LogP contribution is 2.30. The van der Waals surface area contributed by atoms with Crippen molar-refractivity contribution in [3.05, 3.63) is 29.8 Å². The van der Waals surface area contributed by atoms with Gasteiger partial charge in [0.05, 0.1) is 33.4 Å². The number of hydrogen-bond donors (Lipinski definition) is 1. The second-order valence-corrected chi connectivity index (χ2v) is 5.90. The van der Waals surface area contributed by atoms with E-state index in [0.29, 0.717) is 5.75 Å². The summed E-state index contributed by atoms with van der Waals surface area (Å²) >= 11 is 0. The summed E-state index contributed by atoms with van der Waals surface area (Å²) in [4.78, 5) is 50.2. The Morgan fingerprint density at radius 1 is 0.931 bits per heavy atom. The zero-order chi connectivity index (χ0) is 22.0. The molecular weight excluding hydrogens is 384 g/mol. The van der Waals surface area contributed by atoms with Gasteiger partial charge in [-0.3, -0.25) is 14.4 Å². The number of ketones is 1. The second kappa shape index (κ2) is 11.2. The Balaban J connectivity index is 3.46. The molecule has 1 aromatic rings. The lowest BCUT2D eigenvalue weighted by Gasteiger charge is -2.30. The van der Waals surface area contributed by atoms with Crippen molar-refractivity contribution in [2.45, 2.75) is 32.8 Å². The van der Waals surface area contributed by atoms with Crippen molar-refractivity contribution < 1.29 is 43.2 Å². The predicted octanol–water partition coefficient (Wildman–Crippen LogP) is 1.30. The van der Waals surface area contributed by atoms with E-state index in [9.17, 15) is 24.3 Å². The van der Waals surface area contributed by atoms with Crippen molar-refractivity contribution in [3.63, 3.8) is 0 Å². The third kappa shape index (κ3) is 6.02. The van der Waals surface area contributed by atoms with E-state index in [1.807, 2.05) is 0 Å². The van der Waals surface area contributed by atoms with E-state index < -0.39 is 41.6 Å². The van der Waals surface area contributed by atoms with Gasteiger partial charge in [-0.05, 0) is 45.0 Å². The zero-order valence-corrected chi connectivity index (χ0v) is 16.9. The molecule has 9 nitrogen and oxygen atoms in total. The van der Waals surface area contributed by atoms with Gasteiger partial charge in [-0.25, -0.2) is 4.79 Å². The molecule has 0 aliphatic rings. The minimum Gasteiger partial charge on any atom is -0.497 e. The van der Waals surface area contributed by atoms with Gasteiger partial charge in [0.1, 0.15) is 5.75 Å². The normalized spacial score (nSPS) is 13.6. The van der Waals surface area contributed by atoms with Gasteiger partial charge in [0.25, 0.3) is 0 Å². The first kappa shape index (κ1) is 24.1. The molecule has 2 atom stereocenters. The number of aliphatic hydroxyl groups is 1. The molecular formula is C20H26O9. The molecule has 0 spiro atoms. The average Bonchev–Trinajstić information content (AvgIpc) is 2.68. The molecule has 1 N–H and O–H groups in total. The summed E-state index contributed by atoms with van der Waals surface area (Å²) in [6, 6.07) is 5.68. The van der Waals surface area contributed by atoms with Crippen molar-refractivity contribution in [3.8, 4) is 5.75 Å². The highest BCUT2D eigenvalue weighted by Gasteiger charge is 2.55. The topological polar surface area (TPSA) is 125 Å². The fourth-order valence-electron chi connectivity index (χ4n) is 2.65. The monoisotopic (exact) mass is 410 g/mol. The van der Waals surface area contributed by atoms with Crippen molar-refractivity contribution in [1.29, 1.82) is 0 Å². The average molecular weight is 410 g/mol. The van der Waals surface area contributed by atoms with Gasteiger partial charge < -0.3 is 24.1 Å². The number of Topliss-reactive ketones (excluding diaryl/α,β-unsaturated/α-hetero) is 1. The van der Waals surface area contributed by atoms with Crippen molar-refractivity contribution in [2.24, 2.45) is 5.92 Å². The van der Waals surface area contributed by atoms with Crippen LogP contribution in [0.5, 0.6) is 5.75 Å². The van der Waals surface area contributed by atoms with E-state index >= 15 is 0 Å². The van der Waals surface area contributed by atoms with E-state index in [2.05, 4.69) is 0 Å². The zero-order valence-electron chi connectivity index (χ0n) is 16.9. The van der Waals surface area contributed by atoms with Gasteiger partial charge in [0.15, 0.2) is 17.3 Å². The molecule has 0 saturated carbocycles. The molecule has 9 heteroatoms. The molecule has 1 rings (SSSR count). The fourth-order valence-corrected chi connectivity index (χ4v) is 2.65. The molecule has 0 bridgehead atoms. The summed E-state index contributed by atoms with van der Waals surface area (Å²) in [6.07, 6.45) is -0.953. The minimum absolute atomic E-state index is 0.00966. The molecule has 0 saturated heterocycles. The number of ether oxygens (including phenoxy) is 4. The molecule has 0 aliphatic carbocycles. The van der Waals surface area contributed by atoms with E-state index in [-0.39, 0.29) is 25.4 Å². The van der Waals surface area contributed by atoms with Crippen LogP contribution in [0, 0.1) is 5.92 Å². The maximum absolute atomic E-state index is 13.1. The second-order valence-electron chi connectivity index (χ2n) is 5.90. The van der Waals surface area contributed by atoms with Crippen LogP contribution >= 0.6 is 0 Å². The quantitative estimate of drug-likeness (QED) is 0.249. The first-order valence-electron chi connectivity index (χ1n) is 9.15. The summed E-state index contributed by atoms with van der Waals surface area (Å²) in [6.45, 7) is 4.25. The number of rotatable bonds is 11. The molecule has 0 radical (unpaired) electrons. The number of benzene rings is 1. The largest absolute Gasteiger partial charge is 0.497 e. The standard InChI is InChI=1S/C20H26O9/c1-5-27-15(21)12-20(25,19(24)29-7-3)16(18(23)28-6-2)17(22)13-8-10-14(26-4)11-9-13/h8-11,16,25H,5-7,12H2,1-4H3. The number of carbonyl (C=O) groups excluding carboxylic acids is 4. The Hall–Kier alpha value is -2.94. The molecule has 0 heterocycles. The first-order valence-corrected chi connectivity index (χ1v) is 9.15. The van der Waals surface area contributed by atoms with Crippen LogP contribution in [-0.4, -0.2) is 61.3 Å². The molecule has 2 unspecified atom stereocenters. The molecule has 0 fully saturated rings. The van der Waals surface area contributed by atoms with Crippen LogP contribution in [0.25, 0.3) is 0 Å². The van der Waals surface area contributed by atoms with Crippen molar-refractivity contribution in [2.75, 3.05) is 26.9 Å². The molecule has 29 heavy (non-hydrogen) atoms. The van der Waals surface area contributed by atoms with Gasteiger partial charge in [-0.1, -0.05) is 0 Å². The van der Waals surface area contributed by atoms with E-state index in [1.54, 1.807) is 0 Å². The summed E-state index contributed by atoms with van der Waals surface area (Å²) in [5, 5.41) is 11.1. The lowest BCUT2D eigenvalue weighted by Crippen LogP contribution is -2.55. The van der Waals surface area contributed by atoms with Crippen LogP contribution < -0.4 is 4.74 Å². The maximum atomic E-state index is 13.1. The third-order valence-electron chi connectivity index (χ3n) is 3.98. The summed E-state index contributed by atoms with van der Waals surface area (Å²) < 4.78 is 19.6. The van der Waals surface area contributed by atoms with Gasteiger partial charge in [-0.15, -0.1) is 0 Å². The summed E-state index contributed by atoms with van der Waals surface area (Å²) in [5.74, 6) is -5.91. The van der Waals surface area contributed by atoms with E-state index in [4.69, 9.17) is 18.9 Å². The number of carbonyl (C=O) groups is 4. The third-order valence-corrected chi connectivity index (χ3v) is 3.98. The molecule has 0 amide bonds. The highest BCUT2D eigenvalue weighted by molar-refractivity contribution is 6.13. The summed E-state index contributed by atoms with van der Waals surface area (Å²) in [5.41, 5.74) is -2.79. The summed E-state index contributed by atoms with van der Waals surface area (Å²) in [7, 11) is 1.44. The van der Waals surface area contributed by atoms with Crippen LogP contribution in [0.1, 0.15) is 37.6 Å². The smallest absolute Gasteiger partial charge is 0.340 e. The van der Waals surface area contributed by atoms with Crippen LogP contribution in [0.4, 0.5) is 0 Å². The van der Waals surface area contributed by atoms with Gasteiger partial charge in [0.2, 0.25) is 0 Å². The molecule has 0 aliphatic heterocycles. The highest BCUT2D eigenvalue weighted by atomic mass is 16.6. The Bertz CT molecular complexity index is 726. The van der Waals surface area contributed by atoms with Crippen molar-refractivity contribution in [1.82, 2.24) is 0 Å². The Morgan fingerprint density at radius 2 is 1.48 bits per heavy atom. The van der Waals surface area contributed by atoms with Gasteiger partial charge in [0, 0.05) is 5.56 Å². The molecule has 160 valence electrons. The predicted molar refractivity (Wildman–Crippen MR) is 100 cm³/mol. The number of esters is 3. The van der Waals surface area contributed by atoms with Gasteiger partial charge >= 0.3 is 17.9 Å². The fraction of sp³-hybridized carbons (Fsp3) is 0.500. The SMILES string of the molecule is CCOC(=O)CC(O)(C(=O)OCC)C(C(=O)OCC)C(=O)c1ccc(OC)cc1. The van der Waals surface area contributed by atoms with Gasteiger partial charge in [-0.2, -0.15) is 0 Å². The minimum atomic E-state index is -2.80. The number of methoxy groups -OCH3 is 1. The Kier molecular flexibility index (Phi) is 9.27. The maximum Gasteiger partial charge on any atom is 0.340 e. The lowest BCUT2D eigenvalue weighted by molar-refractivity contribution is -0.182. The van der Waals surface area contributed by atoms with Crippen LogP contribution in [-0.2, 0) is 28.6 Å². The van der Waals surface area contributed by atoms with Crippen LogP contribution in [0.2, 0.25) is 0 Å². The lowest BCUT2D eigenvalue weighted by atomic mass is 9.79. The van der Waals surface area contributed by atoms with Crippen LogP contribution in [0.3, 0.4) is 0 Å². The number of hydrogen-bond acceptors (Lipinski definition) is 9. The molecule has 1 aromatic carbocycles. The Labute approximate surface area is 168 Å². The van der Waals surface area contributed by atoms with Crippen LogP contribution in [0.15, 0.2) is 24.3 Å². The van der Waals surface area contributed by atoms with Crippen molar-refractivity contribution >= 4 is 23.7 Å². The Morgan fingerprint density at radius 3 is 1.97 bits per heavy atom. The molecule has 0 aromatic heterocycles. The van der Waals surface area contributed by atoms with E-state index in [1.165, 1.54) is 52.1 Å². The first-order chi connectivity index (χ1) is 13.7. The van der Waals surface area contributed by atoms with E-state index in [0.717, 1.165) is 0 Å².